The van der Waals surface area contributed by atoms with Crippen LogP contribution in [-0.2, 0) is 0 Å². The van der Waals surface area contributed by atoms with Crippen molar-refractivity contribution in [2.75, 3.05) is 5.32 Å². The molecule has 1 saturated carbocycles. The van der Waals surface area contributed by atoms with E-state index in [2.05, 4.69) is 15.5 Å². The second kappa shape index (κ2) is 3.42. The van der Waals surface area contributed by atoms with Gasteiger partial charge in [0, 0.05) is 12.1 Å². The van der Waals surface area contributed by atoms with Crippen molar-refractivity contribution in [3.63, 3.8) is 0 Å². The summed E-state index contributed by atoms with van der Waals surface area (Å²) in [5.41, 5.74) is -0.0233. The van der Waals surface area contributed by atoms with Crippen LogP contribution in [0.3, 0.4) is 0 Å². The number of rotatable bonds is 3. The average molecular weight is 214 g/mol. The summed E-state index contributed by atoms with van der Waals surface area (Å²) in [6.07, 6.45) is 2.18. The van der Waals surface area contributed by atoms with E-state index in [1.807, 2.05) is 0 Å². The third-order valence-corrected chi connectivity index (χ3v) is 2.19. The lowest BCUT2D eigenvalue weighted by Crippen LogP contribution is -2.07. The van der Waals surface area contributed by atoms with Gasteiger partial charge >= 0.3 is 5.97 Å². The summed E-state index contributed by atoms with van der Waals surface area (Å²) in [6.45, 7) is 0. The van der Waals surface area contributed by atoms with Crippen LogP contribution in [0.25, 0.3) is 0 Å². The van der Waals surface area contributed by atoms with E-state index in [9.17, 15) is 4.79 Å². The van der Waals surface area contributed by atoms with Gasteiger partial charge in [-0.3, -0.25) is 0 Å². The highest BCUT2D eigenvalue weighted by Crippen LogP contribution is 2.24. The van der Waals surface area contributed by atoms with Crippen LogP contribution in [0.5, 0.6) is 0 Å². The number of hydrogen-bond donors (Lipinski definition) is 2. The van der Waals surface area contributed by atoms with E-state index in [0.717, 1.165) is 12.8 Å². The number of carboxylic acids is 1. The Balaban J connectivity index is 2.24. The maximum absolute atomic E-state index is 10.7. The van der Waals surface area contributed by atoms with Crippen LogP contribution in [0.15, 0.2) is 6.07 Å². The van der Waals surface area contributed by atoms with Crippen molar-refractivity contribution in [2.45, 2.75) is 18.9 Å². The number of carbonyl (C=O) groups is 1. The van der Waals surface area contributed by atoms with Gasteiger partial charge in [0.1, 0.15) is 11.4 Å². The molecule has 1 fully saturated rings. The predicted octanol–water partition coefficient (Wildman–Crippen LogP) is 1.40. The van der Waals surface area contributed by atoms with Crippen LogP contribution in [0.1, 0.15) is 23.2 Å². The van der Waals surface area contributed by atoms with Gasteiger partial charge in [0.05, 0.1) is 0 Å². The number of anilines is 1. The third-order valence-electron chi connectivity index (χ3n) is 1.91. The highest BCUT2D eigenvalue weighted by atomic mass is 35.5. The van der Waals surface area contributed by atoms with Crippen LogP contribution in [0.2, 0.25) is 5.15 Å². The van der Waals surface area contributed by atoms with Crippen LogP contribution in [0, 0.1) is 0 Å². The zero-order valence-corrected chi connectivity index (χ0v) is 7.95. The van der Waals surface area contributed by atoms with Crippen molar-refractivity contribution in [1.82, 2.24) is 10.2 Å². The Labute approximate surface area is 85.1 Å². The molecule has 0 aromatic carbocycles. The number of nitrogens with zero attached hydrogens (tertiary/aromatic N) is 2. The second-order valence-corrected chi connectivity index (χ2v) is 3.52. The molecule has 1 aliphatic carbocycles. The topological polar surface area (TPSA) is 75.1 Å². The quantitative estimate of drug-likeness (QED) is 0.794. The minimum atomic E-state index is -1.09. The van der Waals surface area contributed by atoms with E-state index in [-0.39, 0.29) is 10.7 Å². The van der Waals surface area contributed by atoms with Crippen molar-refractivity contribution in [2.24, 2.45) is 0 Å². The summed E-state index contributed by atoms with van der Waals surface area (Å²) >= 11 is 5.56. The lowest BCUT2D eigenvalue weighted by Gasteiger charge is -2.03. The molecule has 74 valence electrons. The number of aromatic nitrogens is 2. The summed E-state index contributed by atoms with van der Waals surface area (Å²) in [5.74, 6) is -0.627. The highest BCUT2D eigenvalue weighted by molar-refractivity contribution is 6.32. The zero-order valence-electron chi connectivity index (χ0n) is 7.20. The molecule has 1 aliphatic rings. The molecule has 0 saturated heterocycles. The number of halogens is 1. The van der Waals surface area contributed by atoms with Gasteiger partial charge in [-0.25, -0.2) is 4.79 Å². The van der Waals surface area contributed by atoms with Gasteiger partial charge in [-0.05, 0) is 12.8 Å². The molecule has 2 N–H and O–H groups in total. The van der Waals surface area contributed by atoms with E-state index in [1.165, 1.54) is 6.07 Å². The predicted molar refractivity (Wildman–Crippen MR) is 50.6 cm³/mol. The molecule has 5 nitrogen and oxygen atoms in total. The van der Waals surface area contributed by atoms with Gasteiger partial charge < -0.3 is 10.4 Å². The molecule has 1 aromatic rings. The van der Waals surface area contributed by atoms with Crippen molar-refractivity contribution in [3.8, 4) is 0 Å². The number of aromatic carboxylic acids is 1. The normalized spacial score (nSPS) is 15.2. The summed E-state index contributed by atoms with van der Waals surface area (Å²) in [7, 11) is 0. The summed E-state index contributed by atoms with van der Waals surface area (Å²) in [6, 6.07) is 1.81. The molecule has 0 spiro atoms. The Morgan fingerprint density at radius 1 is 1.57 bits per heavy atom. The van der Waals surface area contributed by atoms with E-state index in [0.29, 0.717) is 11.9 Å². The van der Waals surface area contributed by atoms with E-state index < -0.39 is 5.97 Å². The smallest absolute Gasteiger partial charge is 0.339 e. The van der Waals surface area contributed by atoms with Crippen LogP contribution in [-0.4, -0.2) is 27.3 Å². The molecular formula is C8H8ClN3O2. The first-order valence-corrected chi connectivity index (χ1v) is 4.57. The van der Waals surface area contributed by atoms with Crippen molar-refractivity contribution in [1.29, 1.82) is 0 Å². The monoisotopic (exact) mass is 213 g/mol. The SMILES string of the molecule is O=C(O)c1cc(NC2CC2)nnc1Cl. The molecule has 2 rings (SSSR count). The lowest BCUT2D eigenvalue weighted by molar-refractivity contribution is 0.0696. The first kappa shape index (κ1) is 9.21. The summed E-state index contributed by atoms with van der Waals surface area (Å²) < 4.78 is 0. The number of hydrogen-bond acceptors (Lipinski definition) is 4. The van der Waals surface area contributed by atoms with Gasteiger partial charge in [-0.1, -0.05) is 11.6 Å². The summed E-state index contributed by atoms with van der Waals surface area (Å²) in [4.78, 5) is 10.7. The van der Waals surface area contributed by atoms with E-state index in [4.69, 9.17) is 16.7 Å². The van der Waals surface area contributed by atoms with Crippen molar-refractivity contribution in [3.05, 3.63) is 16.8 Å². The Morgan fingerprint density at radius 2 is 2.29 bits per heavy atom. The largest absolute Gasteiger partial charge is 0.478 e. The Bertz CT molecular complexity index is 379. The van der Waals surface area contributed by atoms with Gasteiger partial charge in [0.15, 0.2) is 5.15 Å². The standard InChI is InChI=1S/C8H8ClN3O2/c9-7-5(8(13)14)3-6(11-12-7)10-4-1-2-4/h3-4H,1-2H2,(H,10,11)(H,13,14). The first-order chi connectivity index (χ1) is 6.66. The summed E-state index contributed by atoms with van der Waals surface area (Å²) in [5, 5.41) is 19.0. The van der Waals surface area contributed by atoms with E-state index in [1.54, 1.807) is 0 Å². The second-order valence-electron chi connectivity index (χ2n) is 3.16. The van der Waals surface area contributed by atoms with Gasteiger partial charge in [0.25, 0.3) is 0 Å². The zero-order chi connectivity index (χ0) is 10.1. The Hall–Kier alpha value is -1.36. The Morgan fingerprint density at radius 3 is 2.86 bits per heavy atom. The first-order valence-electron chi connectivity index (χ1n) is 4.20. The molecule has 0 amide bonds. The van der Waals surface area contributed by atoms with Gasteiger partial charge in [-0.15, -0.1) is 10.2 Å². The maximum atomic E-state index is 10.7. The fourth-order valence-electron chi connectivity index (χ4n) is 1.03. The van der Waals surface area contributed by atoms with Gasteiger partial charge in [-0.2, -0.15) is 0 Å². The molecule has 14 heavy (non-hydrogen) atoms. The molecular weight excluding hydrogens is 206 g/mol. The van der Waals surface area contributed by atoms with Crippen molar-refractivity contribution >= 4 is 23.4 Å². The number of carboxylic acid groups (broad SMARTS) is 1. The minimum absolute atomic E-state index is 0.0233. The van der Waals surface area contributed by atoms with E-state index >= 15 is 0 Å². The van der Waals surface area contributed by atoms with Crippen LogP contribution in [0.4, 0.5) is 5.82 Å². The average Bonchev–Trinajstić information content (AvgIpc) is 2.92. The molecule has 0 unspecified atom stereocenters. The van der Waals surface area contributed by atoms with Crippen LogP contribution >= 0.6 is 11.6 Å². The lowest BCUT2D eigenvalue weighted by atomic mass is 10.3. The van der Waals surface area contributed by atoms with Gasteiger partial charge in [0.2, 0.25) is 0 Å². The molecule has 0 radical (unpaired) electrons. The minimum Gasteiger partial charge on any atom is -0.478 e. The maximum Gasteiger partial charge on any atom is 0.339 e. The van der Waals surface area contributed by atoms with Crippen molar-refractivity contribution < 1.29 is 9.90 Å². The van der Waals surface area contributed by atoms with Crippen LogP contribution < -0.4 is 5.32 Å². The Kier molecular flexibility index (Phi) is 2.25. The molecule has 6 heteroatoms. The molecule has 0 atom stereocenters. The highest BCUT2D eigenvalue weighted by Gasteiger charge is 2.22. The number of nitrogens with one attached hydrogen (secondary N) is 1. The molecule has 0 bridgehead atoms. The fraction of sp³-hybridized carbons (Fsp3) is 0.375. The third kappa shape index (κ3) is 1.93. The molecule has 0 aliphatic heterocycles. The fourth-order valence-corrected chi connectivity index (χ4v) is 1.21. The molecule has 1 heterocycles. The molecule has 1 aromatic heterocycles.